The van der Waals surface area contributed by atoms with Gasteiger partial charge in [0, 0.05) is 11.4 Å². The van der Waals surface area contributed by atoms with Gasteiger partial charge in [-0.05, 0) is 96.5 Å². The van der Waals surface area contributed by atoms with E-state index < -0.39 is 0 Å². The molecule has 0 aliphatic carbocycles. The van der Waals surface area contributed by atoms with Crippen LogP contribution in [0.5, 0.6) is 0 Å². The number of aromatic amines is 2. The molecule has 0 fully saturated rings. The van der Waals surface area contributed by atoms with Crippen LogP contribution in [-0.2, 0) is 0 Å². The molecule has 0 spiro atoms. The van der Waals surface area contributed by atoms with Crippen molar-refractivity contribution >= 4 is 46.6 Å². The molecule has 172 valence electrons. The van der Waals surface area contributed by atoms with E-state index in [-0.39, 0.29) is 0 Å². The number of allylic oxidation sites excluding steroid dienone is 6. The van der Waals surface area contributed by atoms with Gasteiger partial charge in [0.25, 0.3) is 0 Å². The third kappa shape index (κ3) is 3.83. The van der Waals surface area contributed by atoms with E-state index in [1.165, 1.54) is 22.3 Å². The monoisotopic (exact) mass is 448 g/mol. The first kappa shape index (κ1) is 22.1. The second-order valence-electron chi connectivity index (χ2n) is 8.73. The SMILES string of the molecule is CCC1=C(CC)c2nc1ccc1[nH]c(c3[nH]c(ccc4nc2C(CC)=C4CC)C=CC=3)=CC=C1. The molecule has 0 amide bonds. The summed E-state index contributed by atoms with van der Waals surface area (Å²) in [6, 6.07) is 8.57. The molecule has 0 atom stereocenters. The molecule has 0 aromatic carbocycles. The van der Waals surface area contributed by atoms with Gasteiger partial charge in [-0.3, -0.25) is 0 Å². The summed E-state index contributed by atoms with van der Waals surface area (Å²) in [6.07, 6.45) is 16.4. The van der Waals surface area contributed by atoms with Crippen LogP contribution in [0.3, 0.4) is 0 Å². The first-order valence-electron chi connectivity index (χ1n) is 12.4. The van der Waals surface area contributed by atoms with Crippen LogP contribution in [0.1, 0.15) is 87.5 Å². The third-order valence-corrected chi connectivity index (χ3v) is 6.79. The van der Waals surface area contributed by atoms with Crippen LogP contribution >= 0.6 is 0 Å². The van der Waals surface area contributed by atoms with Gasteiger partial charge in [-0.25, -0.2) is 9.97 Å². The molecule has 34 heavy (non-hydrogen) atoms. The number of fused-ring (bicyclic) bond motifs is 10. The summed E-state index contributed by atoms with van der Waals surface area (Å²) >= 11 is 0. The average Bonchev–Trinajstić information content (AvgIpc) is 3.42. The summed E-state index contributed by atoms with van der Waals surface area (Å²) in [6.45, 7) is 8.90. The quantitative estimate of drug-likeness (QED) is 0.575. The number of H-pyrrole nitrogens is 2. The largest absolute Gasteiger partial charge is 0.354 e. The van der Waals surface area contributed by atoms with E-state index in [1.807, 2.05) is 0 Å². The minimum atomic E-state index is 0.949. The lowest BCUT2D eigenvalue weighted by atomic mass is 9.95. The zero-order chi connectivity index (χ0) is 23.7. The lowest BCUT2D eigenvalue weighted by Crippen LogP contribution is -2.31. The fourth-order valence-electron chi connectivity index (χ4n) is 5.14. The molecule has 1 aromatic heterocycles. The number of nitrogens with zero attached hydrogens (tertiary/aromatic N) is 2. The Morgan fingerprint density at radius 3 is 1.35 bits per heavy atom. The summed E-state index contributed by atoms with van der Waals surface area (Å²) in [4.78, 5) is 17.5. The van der Waals surface area contributed by atoms with Crippen LogP contribution in [0.25, 0.3) is 46.6 Å². The van der Waals surface area contributed by atoms with Crippen molar-refractivity contribution < 1.29 is 0 Å². The highest BCUT2D eigenvalue weighted by molar-refractivity contribution is 5.99. The summed E-state index contributed by atoms with van der Waals surface area (Å²) in [5.74, 6) is 0. The lowest BCUT2D eigenvalue weighted by molar-refractivity contribution is 1.12. The van der Waals surface area contributed by atoms with Crippen LogP contribution in [-0.4, -0.2) is 19.9 Å². The van der Waals surface area contributed by atoms with Crippen LogP contribution in [0.4, 0.5) is 0 Å². The van der Waals surface area contributed by atoms with Crippen molar-refractivity contribution in [2.75, 3.05) is 0 Å². The topological polar surface area (TPSA) is 57.4 Å². The predicted molar refractivity (Wildman–Crippen MR) is 145 cm³/mol. The Hall–Kier alpha value is -3.66. The van der Waals surface area contributed by atoms with Gasteiger partial charge in [-0.1, -0.05) is 39.8 Å². The van der Waals surface area contributed by atoms with Gasteiger partial charge < -0.3 is 9.97 Å². The molecule has 0 unspecified atom stereocenters. The Kier molecular flexibility index (Phi) is 6.06. The number of rotatable bonds is 4. The second-order valence-corrected chi connectivity index (χ2v) is 8.73. The Bertz CT molecular complexity index is 1370. The highest BCUT2D eigenvalue weighted by Crippen LogP contribution is 2.41. The van der Waals surface area contributed by atoms with Gasteiger partial charge in [0.2, 0.25) is 0 Å². The molecule has 2 N–H and O–H groups in total. The zero-order valence-corrected chi connectivity index (χ0v) is 20.5. The molecule has 4 nitrogen and oxygen atoms in total. The normalized spacial score (nSPS) is 14.9. The van der Waals surface area contributed by atoms with E-state index in [0.717, 1.165) is 70.5 Å². The van der Waals surface area contributed by atoms with Gasteiger partial charge >= 0.3 is 0 Å². The van der Waals surface area contributed by atoms with Crippen molar-refractivity contribution in [1.29, 1.82) is 0 Å². The van der Waals surface area contributed by atoms with E-state index in [2.05, 4.69) is 98.4 Å². The zero-order valence-electron chi connectivity index (χ0n) is 20.5. The van der Waals surface area contributed by atoms with E-state index in [4.69, 9.17) is 9.97 Å². The van der Waals surface area contributed by atoms with Crippen LogP contribution < -0.4 is 10.7 Å². The van der Waals surface area contributed by atoms with Gasteiger partial charge in [0.15, 0.2) is 0 Å². The second kappa shape index (κ2) is 9.30. The number of hydrogen-bond donors (Lipinski definition) is 2. The molecule has 0 saturated heterocycles. The van der Waals surface area contributed by atoms with Crippen LogP contribution in [0.15, 0.2) is 36.4 Å². The third-order valence-electron chi connectivity index (χ3n) is 6.79. The molecule has 5 rings (SSSR count). The molecule has 4 aliphatic heterocycles. The number of aromatic nitrogens is 4. The van der Waals surface area contributed by atoms with Gasteiger partial charge in [0.05, 0.1) is 33.5 Å². The first-order valence-corrected chi connectivity index (χ1v) is 12.4. The summed E-state index contributed by atoms with van der Waals surface area (Å²) in [5, 5.41) is 2.09. The van der Waals surface area contributed by atoms with Crippen molar-refractivity contribution in [3.8, 4) is 0 Å². The molecule has 5 heterocycles. The Labute approximate surface area is 201 Å². The minimum absolute atomic E-state index is 0.949. The van der Waals surface area contributed by atoms with Crippen LogP contribution in [0, 0.1) is 0 Å². The van der Waals surface area contributed by atoms with Gasteiger partial charge in [-0.15, -0.1) is 0 Å². The Balaban J connectivity index is 1.93. The maximum Gasteiger partial charge on any atom is 0.0932 e. The molecule has 0 radical (unpaired) electrons. The number of nitrogens with one attached hydrogen (secondary N) is 2. The Morgan fingerprint density at radius 2 is 0.971 bits per heavy atom. The maximum atomic E-state index is 5.18. The van der Waals surface area contributed by atoms with Gasteiger partial charge in [-0.2, -0.15) is 0 Å². The first-order chi connectivity index (χ1) is 16.7. The summed E-state index contributed by atoms with van der Waals surface area (Å²) in [5.41, 5.74) is 11.6. The Morgan fingerprint density at radius 1 is 0.559 bits per heavy atom. The van der Waals surface area contributed by atoms with E-state index in [0.29, 0.717) is 0 Å². The van der Waals surface area contributed by atoms with E-state index in [9.17, 15) is 0 Å². The van der Waals surface area contributed by atoms with Crippen molar-refractivity contribution in [1.82, 2.24) is 19.9 Å². The lowest BCUT2D eigenvalue weighted by Gasteiger charge is -2.07. The smallest absolute Gasteiger partial charge is 0.0932 e. The summed E-state index contributed by atoms with van der Waals surface area (Å²) < 4.78 is 0. The molecule has 4 heteroatoms. The molecule has 8 bridgehead atoms. The van der Waals surface area contributed by atoms with Crippen molar-refractivity contribution in [2.45, 2.75) is 53.4 Å². The highest BCUT2D eigenvalue weighted by atomic mass is 14.8. The number of hydrogen-bond acceptors (Lipinski definition) is 2. The predicted octanol–water partition coefficient (Wildman–Crippen LogP) is 6.21. The molecular formula is C30H32N4. The van der Waals surface area contributed by atoms with E-state index in [1.54, 1.807) is 0 Å². The molecule has 4 aliphatic rings. The standard InChI is InChI=1S/C30H32N4/c1-5-21-23(7-3)29-30-24(8-4)22(6-2)26(34-30)18-16-20-12-10-14-28(32-20)27-13-9-11-19(31-27)15-17-25(21)33-29/h9-18,31-32H,5-8H2,1-4H3. The van der Waals surface area contributed by atoms with Gasteiger partial charge in [0.1, 0.15) is 0 Å². The minimum Gasteiger partial charge on any atom is -0.354 e. The maximum absolute atomic E-state index is 5.18. The average molecular weight is 449 g/mol. The fraction of sp³-hybridized carbons (Fsp3) is 0.267. The molecule has 1 aromatic rings. The van der Waals surface area contributed by atoms with Crippen molar-refractivity contribution in [3.05, 3.63) is 81.3 Å². The fourth-order valence-corrected chi connectivity index (χ4v) is 5.14. The van der Waals surface area contributed by atoms with Crippen molar-refractivity contribution in [3.63, 3.8) is 0 Å². The van der Waals surface area contributed by atoms with Crippen molar-refractivity contribution in [2.24, 2.45) is 0 Å². The molecule has 0 saturated carbocycles. The molecular weight excluding hydrogens is 416 g/mol. The highest BCUT2D eigenvalue weighted by Gasteiger charge is 2.26. The van der Waals surface area contributed by atoms with Crippen LogP contribution in [0.2, 0.25) is 0 Å². The summed E-state index contributed by atoms with van der Waals surface area (Å²) in [7, 11) is 0. The van der Waals surface area contributed by atoms with E-state index >= 15 is 0 Å².